The van der Waals surface area contributed by atoms with Gasteiger partial charge in [0.1, 0.15) is 11.6 Å². The molecule has 148 valence electrons. The molecule has 1 amide bonds. The number of anilines is 1. The largest absolute Gasteiger partial charge is 0.381 e. The Morgan fingerprint density at radius 2 is 1.66 bits per heavy atom. The Bertz CT molecular complexity index is 983. The van der Waals surface area contributed by atoms with Crippen molar-refractivity contribution < 1.29 is 13.6 Å². The van der Waals surface area contributed by atoms with E-state index in [9.17, 15) is 13.6 Å². The zero-order valence-corrected chi connectivity index (χ0v) is 16.0. The second-order valence-electron chi connectivity index (χ2n) is 6.66. The summed E-state index contributed by atoms with van der Waals surface area (Å²) in [5.41, 5.74) is 2.80. The van der Waals surface area contributed by atoms with E-state index in [1.54, 1.807) is 0 Å². The van der Waals surface area contributed by atoms with E-state index in [2.05, 4.69) is 10.6 Å². The number of halogens is 2. The van der Waals surface area contributed by atoms with Crippen molar-refractivity contribution in [3.63, 3.8) is 0 Å². The summed E-state index contributed by atoms with van der Waals surface area (Å²) in [6.45, 7) is 2.55. The molecule has 0 fully saturated rings. The van der Waals surface area contributed by atoms with Gasteiger partial charge < -0.3 is 10.6 Å². The second-order valence-corrected chi connectivity index (χ2v) is 6.66. The minimum Gasteiger partial charge on any atom is -0.381 e. The molecule has 0 bridgehead atoms. The van der Waals surface area contributed by atoms with Gasteiger partial charge in [-0.2, -0.15) is 0 Å². The molecule has 3 rings (SSSR count). The molecule has 0 aliphatic heterocycles. The van der Waals surface area contributed by atoms with Crippen molar-refractivity contribution in [1.82, 2.24) is 5.32 Å². The standard InChI is InChI=1S/C24H22F2N2O/c1-17(28-24(29)14-13-21-22(25)11-6-12-23(21)26)19-9-5-10-20(15-19)27-16-18-7-3-2-4-8-18/h2-15,17,27H,16H2,1H3,(H,28,29). The van der Waals surface area contributed by atoms with Crippen molar-refractivity contribution in [2.75, 3.05) is 5.32 Å². The van der Waals surface area contributed by atoms with Crippen LogP contribution in [0.4, 0.5) is 14.5 Å². The summed E-state index contributed by atoms with van der Waals surface area (Å²) < 4.78 is 27.3. The normalized spacial score (nSPS) is 12.0. The van der Waals surface area contributed by atoms with E-state index in [1.165, 1.54) is 11.6 Å². The molecule has 3 aromatic rings. The molecule has 2 N–H and O–H groups in total. The molecule has 0 spiro atoms. The van der Waals surface area contributed by atoms with Crippen LogP contribution >= 0.6 is 0 Å². The summed E-state index contributed by atoms with van der Waals surface area (Å²) in [6.07, 6.45) is 2.28. The Kier molecular flexibility index (Phi) is 6.74. The van der Waals surface area contributed by atoms with E-state index in [0.717, 1.165) is 35.5 Å². The highest BCUT2D eigenvalue weighted by Crippen LogP contribution is 2.19. The molecular formula is C24H22F2N2O. The summed E-state index contributed by atoms with van der Waals surface area (Å²) in [6, 6.07) is 21.1. The van der Waals surface area contributed by atoms with Crippen LogP contribution in [0.5, 0.6) is 0 Å². The van der Waals surface area contributed by atoms with Crippen molar-refractivity contribution >= 4 is 17.7 Å². The third-order valence-corrected chi connectivity index (χ3v) is 4.49. The van der Waals surface area contributed by atoms with Gasteiger partial charge in [0.2, 0.25) is 5.91 Å². The third kappa shape index (κ3) is 5.75. The number of nitrogens with one attached hydrogen (secondary N) is 2. The predicted octanol–water partition coefficient (Wildman–Crippen LogP) is 5.47. The number of rotatable bonds is 7. The fourth-order valence-corrected chi connectivity index (χ4v) is 2.89. The average molecular weight is 392 g/mol. The number of amides is 1. The lowest BCUT2D eigenvalue weighted by Crippen LogP contribution is -2.24. The van der Waals surface area contributed by atoms with Crippen molar-refractivity contribution in [2.24, 2.45) is 0 Å². The summed E-state index contributed by atoms with van der Waals surface area (Å²) >= 11 is 0. The highest BCUT2D eigenvalue weighted by atomic mass is 19.1. The van der Waals surface area contributed by atoms with Crippen LogP contribution in [0, 0.1) is 11.6 Å². The zero-order chi connectivity index (χ0) is 20.6. The van der Waals surface area contributed by atoms with Gasteiger partial charge in [-0.15, -0.1) is 0 Å². The smallest absolute Gasteiger partial charge is 0.244 e. The van der Waals surface area contributed by atoms with Gasteiger partial charge in [-0.1, -0.05) is 48.5 Å². The molecular weight excluding hydrogens is 370 g/mol. The van der Waals surface area contributed by atoms with Gasteiger partial charge in [0.15, 0.2) is 0 Å². The molecule has 29 heavy (non-hydrogen) atoms. The Balaban J connectivity index is 1.60. The fourth-order valence-electron chi connectivity index (χ4n) is 2.89. The molecule has 3 aromatic carbocycles. The van der Waals surface area contributed by atoms with E-state index in [-0.39, 0.29) is 11.6 Å². The lowest BCUT2D eigenvalue weighted by molar-refractivity contribution is -0.117. The van der Waals surface area contributed by atoms with Gasteiger partial charge >= 0.3 is 0 Å². The molecule has 3 nitrogen and oxygen atoms in total. The molecule has 0 aromatic heterocycles. The second kappa shape index (κ2) is 9.64. The van der Waals surface area contributed by atoms with Crippen LogP contribution in [0.25, 0.3) is 6.08 Å². The first-order chi connectivity index (χ1) is 14.0. The van der Waals surface area contributed by atoms with Crippen LogP contribution in [0.1, 0.15) is 29.7 Å². The fraction of sp³-hybridized carbons (Fsp3) is 0.125. The maximum absolute atomic E-state index is 13.6. The van der Waals surface area contributed by atoms with Crippen molar-refractivity contribution in [2.45, 2.75) is 19.5 Å². The van der Waals surface area contributed by atoms with E-state index in [1.807, 2.05) is 61.5 Å². The van der Waals surface area contributed by atoms with Gasteiger partial charge in [-0.25, -0.2) is 8.78 Å². The molecule has 1 unspecified atom stereocenters. The van der Waals surface area contributed by atoms with Crippen LogP contribution in [0.3, 0.4) is 0 Å². The molecule has 0 saturated carbocycles. The number of carbonyl (C=O) groups excluding carboxylic acids is 1. The van der Waals surface area contributed by atoms with E-state index >= 15 is 0 Å². The highest BCUT2D eigenvalue weighted by Gasteiger charge is 2.10. The Morgan fingerprint density at radius 3 is 2.38 bits per heavy atom. The van der Waals surface area contributed by atoms with Crippen LogP contribution in [0.15, 0.2) is 78.9 Å². The first-order valence-electron chi connectivity index (χ1n) is 9.33. The number of benzene rings is 3. The van der Waals surface area contributed by atoms with Crippen molar-refractivity contribution in [3.8, 4) is 0 Å². The quantitative estimate of drug-likeness (QED) is 0.524. The first kappa shape index (κ1) is 20.3. The minimum atomic E-state index is -0.709. The molecule has 0 aliphatic carbocycles. The van der Waals surface area contributed by atoms with Gasteiger partial charge in [-0.3, -0.25) is 4.79 Å². The van der Waals surface area contributed by atoms with Gasteiger partial charge in [0.25, 0.3) is 0 Å². The molecule has 0 heterocycles. The summed E-state index contributed by atoms with van der Waals surface area (Å²) in [4.78, 5) is 12.2. The maximum atomic E-state index is 13.6. The van der Waals surface area contributed by atoms with E-state index < -0.39 is 17.5 Å². The molecule has 0 saturated heterocycles. The summed E-state index contributed by atoms with van der Waals surface area (Å²) in [7, 11) is 0. The average Bonchev–Trinajstić information content (AvgIpc) is 2.73. The molecule has 5 heteroatoms. The Labute approximate surface area is 169 Å². The Morgan fingerprint density at radius 1 is 0.966 bits per heavy atom. The number of hydrogen-bond acceptors (Lipinski definition) is 2. The monoisotopic (exact) mass is 392 g/mol. The van der Waals surface area contributed by atoms with Crippen LogP contribution < -0.4 is 10.6 Å². The lowest BCUT2D eigenvalue weighted by atomic mass is 10.1. The highest BCUT2D eigenvalue weighted by molar-refractivity contribution is 5.92. The Hall–Kier alpha value is -3.47. The molecule has 0 radical (unpaired) electrons. The maximum Gasteiger partial charge on any atom is 0.244 e. The van der Waals surface area contributed by atoms with E-state index in [4.69, 9.17) is 0 Å². The predicted molar refractivity (Wildman–Crippen MR) is 112 cm³/mol. The zero-order valence-electron chi connectivity index (χ0n) is 16.0. The lowest BCUT2D eigenvalue weighted by Gasteiger charge is -2.15. The number of carbonyl (C=O) groups is 1. The van der Waals surface area contributed by atoms with Crippen molar-refractivity contribution in [1.29, 1.82) is 0 Å². The van der Waals surface area contributed by atoms with Crippen LogP contribution in [-0.2, 0) is 11.3 Å². The number of hydrogen-bond donors (Lipinski definition) is 2. The first-order valence-corrected chi connectivity index (χ1v) is 9.33. The van der Waals surface area contributed by atoms with Crippen molar-refractivity contribution in [3.05, 3.63) is 107 Å². The van der Waals surface area contributed by atoms with Gasteiger partial charge in [0, 0.05) is 23.9 Å². The van der Waals surface area contributed by atoms with Crippen LogP contribution in [0.2, 0.25) is 0 Å². The van der Waals surface area contributed by atoms with Crippen LogP contribution in [-0.4, -0.2) is 5.91 Å². The topological polar surface area (TPSA) is 41.1 Å². The molecule has 1 atom stereocenters. The molecule has 0 aliphatic rings. The third-order valence-electron chi connectivity index (χ3n) is 4.49. The minimum absolute atomic E-state index is 0.234. The summed E-state index contributed by atoms with van der Waals surface area (Å²) in [5, 5.41) is 6.17. The summed E-state index contributed by atoms with van der Waals surface area (Å²) in [5.74, 6) is -1.85. The van der Waals surface area contributed by atoms with Gasteiger partial charge in [0.05, 0.1) is 6.04 Å². The van der Waals surface area contributed by atoms with Gasteiger partial charge in [-0.05, 0) is 48.4 Å². The van der Waals surface area contributed by atoms with E-state index in [0.29, 0.717) is 6.54 Å². The SMILES string of the molecule is CC(NC(=O)C=Cc1c(F)cccc1F)c1cccc(NCc2ccccc2)c1.